The Labute approximate surface area is 178 Å². The van der Waals surface area contributed by atoms with E-state index in [1.54, 1.807) is 37.3 Å². The molecule has 1 amide bonds. The van der Waals surface area contributed by atoms with Crippen LogP contribution in [0.25, 0.3) is 11.4 Å². The molecule has 1 aliphatic rings. The van der Waals surface area contributed by atoms with Crippen LogP contribution in [0.3, 0.4) is 0 Å². The highest BCUT2D eigenvalue weighted by Crippen LogP contribution is 2.37. The summed E-state index contributed by atoms with van der Waals surface area (Å²) in [6.45, 7) is 0. The molecule has 1 saturated carbocycles. The number of anilines is 3. The number of benzene rings is 1. The zero-order chi connectivity index (χ0) is 22.0. The standard InChI is InChI=1S/C21H22N6O4/c1-27-11-23-19(26-27)13-5-4-6-15(18(13)30-2)24-16-9-17(25-20(28)12-7-8-12)22-10-14(16)21(29)31-3/h4-6,9-12H,7-8H2,1-3H3,(H2,22,24,25,28). The van der Waals surface area contributed by atoms with Crippen molar-refractivity contribution >= 4 is 29.1 Å². The van der Waals surface area contributed by atoms with E-state index < -0.39 is 5.97 Å². The SMILES string of the molecule is COC(=O)c1cnc(NC(=O)C2CC2)cc1Nc1cccc(-c2ncn(C)n2)c1OC. The summed E-state index contributed by atoms with van der Waals surface area (Å²) >= 11 is 0. The van der Waals surface area contributed by atoms with Crippen molar-refractivity contribution in [1.29, 1.82) is 0 Å². The third-order valence-electron chi connectivity index (χ3n) is 4.84. The van der Waals surface area contributed by atoms with Crippen LogP contribution in [0.5, 0.6) is 5.75 Å². The van der Waals surface area contributed by atoms with Crippen molar-refractivity contribution in [1.82, 2.24) is 19.7 Å². The maximum atomic E-state index is 12.3. The van der Waals surface area contributed by atoms with Crippen molar-refractivity contribution in [2.75, 3.05) is 24.9 Å². The first-order valence-electron chi connectivity index (χ1n) is 9.69. The minimum absolute atomic E-state index is 0.0288. The molecule has 0 spiro atoms. The molecule has 2 N–H and O–H groups in total. The van der Waals surface area contributed by atoms with E-state index in [2.05, 4.69) is 25.7 Å². The molecule has 2 heterocycles. The molecule has 1 aromatic carbocycles. The molecule has 4 rings (SSSR count). The van der Waals surface area contributed by atoms with Gasteiger partial charge in [0.05, 0.1) is 31.2 Å². The minimum atomic E-state index is -0.559. The number of nitrogens with one attached hydrogen (secondary N) is 2. The lowest BCUT2D eigenvalue weighted by Crippen LogP contribution is -2.15. The van der Waals surface area contributed by atoms with Gasteiger partial charge in [0.1, 0.15) is 17.7 Å². The van der Waals surface area contributed by atoms with E-state index >= 15 is 0 Å². The molecule has 160 valence electrons. The number of aromatic nitrogens is 4. The van der Waals surface area contributed by atoms with Gasteiger partial charge in [0.15, 0.2) is 11.6 Å². The monoisotopic (exact) mass is 422 g/mol. The van der Waals surface area contributed by atoms with Crippen molar-refractivity contribution in [3.63, 3.8) is 0 Å². The van der Waals surface area contributed by atoms with E-state index in [0.717, 1.165) is 12.8 Å². The van der Waals surface area contributed by atoms with E-state index in [0.29, 0.717) is 34.3 Å². The molecule has 10 heteroatoms. The summed E-state index contributed by atoms with van der Waals surface area (Å²) < 4.78 is 12.1. The van der Waals surface area contributed by atoms with Gasteiger partial charge in [-0.25, -0.2) is 14.8 Å². The highest BCUT2D eigenvalue weighted by molar-refractivity contribution is 5.99. The van der Waals surface area contributed by atoms with Crippen LogP contribution in [-0.4, -0.2) is 45.8 Å². The fraction of sp³-hybridized carbons (Fsp3) is 0.286. The number of hydrogen-bond acceptors (Lipinski definition) is 8. The van der Waals surface area contributed by atoms with Crippen LogP contribution >= 0.6 is 0 Å². The molecule has 0 bridgehead atoms. The van der Waals surface area contributed by atoms with Crippen LogP contribution in [0.1, 0.15) is 23.2 Å². The maximum Gasteiger partial charge on any atom is 0.341 e. The van der Waals surface area contributed by atoms with Gasteiger partial charge in [0, 0.05) is 25.2 Å². The van der Waals surface area contributed by atoms with Gasteiger partial charge >= 0.3 is 5.97 Å². The third kappa shape index (κ3) is 4.32. The Hall–Kier alpha value is -3.95. The fourth-order valence-corrected chi connectivity index (χ4v) is 3.11. The Kier molecular flexibility index (Phi) is 5.52. The van der Waals surface area contributed by atoms with Crippen LogP contribution in [-0.2, 0) is 16.6 Å². The van der Waals surface area contributed by atoms with Crippen molar-refractivity contribution in [2.24, 2.45) is 13.0 Å². The zero-order valence-corrected chi connectivity index (χ0v) is 17.4. The Bertz CT molecular complexity index is 1140. The number of carbonyl (C=O) groups excluding carboxylic acids is 2. The predicted octanol–water partition coefficient (Wildman–Crippen LogP) is 2.76. The summed E-state index contributed by atoms with van der Waals surface area (Å²) in [6.07, 6.45) is 4.72. The number of hydrogen-bond donors (Lipinski definition) is 2. The molecule has 0 aliphatic heterocycles. The van der Waals surface area contributed by atoms with Crippen molar-refractivity contribution < 1.29 is 19.1 Å². The van der Waals surface area contributed by atoms with Gasteiger partial charge in [-0.05, 0) is 25.0 Å². The zero-order valence-electron chi connectivity index (χ0n) is 17.4. The largest absolute Gasteiger partial charge is 0.494 e. The van der Waals surface area contributed by atoms with Crippen LogP contribution in [0.15, 0.2) is 36.8 Å². The average molecular weight is 422 g/mol. The Morgan fingerprint density at radius 3 is 2.61 bits per heavy atom. The summed E-state index contributed by atoms with van der Waals surface area (Å²) in [7, 11) is 4.62. The molecule has 0 atom stereocenters. The first-order chi connectivity index (χ1) is 15.0. The van der Waals surface area contributed by atoms with Crippen LogP contribution in [0, 0.1) is 5.92 Å². The van der Waals surface area contributed by atoms with Gasteiger partial charge in [0.2, 0.25) is 5.91 Å². The van der Waals surface area contributed by atoms with Crippen molar-refractivity contribution in [2.45, 2.75) is 12.8 Å². The summed E-state index contributed by atoms with van der Waals surface area (Å²) in [6, 6.07) is 7.06. The first-order valence-corrected chi connectivity index (χ1v) is 9.69. The molecule has 31 heavy (non-hydrogen) atoms. The number of ether oxygens (including phenoxy) is 2. The average Bonchev–Trinajstić information content (AvgIpc) is 3.54. The Morgan fingerprint density at radius 2 is 1.97 bits per heavy atom. The number of aryl methyl sites for hydroxylation is 1. The third-order valence-corrected chi connectivity index (χ3v) is 4.84. The second-order valence-electron chi connectivity index (χ2n) is 7.12. The Morgan fingerprint density at radius 1 is 1.16 bits per heavy atom. The smallest absolute Gasteiger partial charge is 0.341 e. The maximum absolute atomic E-state index is 12.3. The van der Waals surface area contributed by atoms with Gasteiger partial charge in [0.25, 0.3) is 0 Å². The molecule has 0 unspecified atom stereocenters. The second kappa shape index (κ2) is 8.42. The molecule has 2 aromatic heterocycles. The van der Waals surface area contributed by atoms with Gasteiger partial charge in [-0.3, -0.25) is 9.48 Å². The first kappa shape index (κ1) is 20.3. The summed E-state index contributed by atoms with van der Waals surface area (Å²) in [5, 5.41) is 10.3. The second-order valence-corrected chi connectivity index (χ2v) is 7.12. The molecule has 0 saturated heterocycles. The summed E-state index contributed by atoms with van der Waals surface area (Å²) in [5.41, 5.74) is 1.90. The van der Waals surface area contributed by atoms with Crippen LogP contribution in [0.4, 0.5) is 17.2 Å². The molecule has 1 aliphatic carbocycles. The topological polar surface area (TPSA) is 120 Å². The van der Waals surface area contributed by atoms with E-state index in [1.807, 2.05) is 12.1 Å². The highest BCUT2D eigenvalue weighted by Gasteiger charge is 2.30. The number of esters is 1. The number of carbonyl (C=O) groups is 2. The van der Waals surface area contributed by atoms with E-state index in [1.165, 1.54) is 13.3 Å². The Balaban J connectivity index is 1.71. The van der Waals surface area contributed by atoms with Crippen molar-refractivity contribution in [3.05, 3.63) is 42.4 Å². The van der Waals surface area contributed by atoms with Gasteiger partial charge in [-0.2, -0.15) is 5.10 Å². The normalized spacial score (nSPS) is 12.9. The molecular formula is C21H22N6O4. The van der Waals surface area contributed by atoms with E-state index in [4.69, 9.17) is 9.47 Å². The highest BCUT2D eigenvalue weighted by atomic mass is 16.5. The number of nitrogens with zero attached hydrogens (tertiary/aromatic N) is 4. The molecule has 0 radical (unpaired) electrons. The van der Waals surface area contributed by atoms with Gasteiger partial charge in [-0.1, -0.05) is 6.07 Å². The molecule has 3 aromatic rings. The van der Waals surface area contributed by atoms with E-state index in [9.17, 15) is 9.59 Å². The molecule has 10 nitrogen and oxygen atoms in total. The fourth-order valence-electron chi connectivity index (χ4n) is 3.11. The van der Waals surface area contributed by atoms with Crippen LogP contribution in [0.2, 0.25) is 0 Å². The lowest BCUT2D eigenvalue weighted by Gasteiger charge is -2.16. The predicted molar refractivity (Wildman–Crippen MR) is 113 cm³/mol. The number of methoxy groups -OCH3 is 2. The number of amides is 1. The van der Waals surface area contributed by atoms with E-state index in [-0.39, 0.29) is 17.4 Å². The quantitative estimate of drug-likeness (QED) is 0.558. The van der Waals surface area contributed by atoms with Crippen LogP contribution < -0.4 is 15.4 Å². The minimum Gasteiger partial charge on any atom is -0.494 e. The number of pyridine rings is 1. The van der Waals surface area contributed by atoms with Gasteiger partial charge in [-0.15, -0.1) is 0 Å². The summed E-state index contributed by atoms with van der Waals surface area (Å²) in [5.74, 6) is 0.740. The number of para-hydroxylation sites is 1. The van der Waals surface area contributed by atoms with Gasteiger partial charge < -0.3 is 20.1 Å². The summed E-state index contributed by atoms with van der Waals surface area (Å²) in [4.78, 5) is 32.9. The lowest BCUT2D eigenvalue weighted by atomic mass is 10.1. The molecule has 1 fully saturated rings. The lowest BCUT2D eigenvalue weighted by molar-refractivity contribution is -0.117. The number of rotatable bonds is 7. The molecular weight excluding hydrogens is 400 g/mol. The van der Waals surface area contributed by atoms with Crippen molar-refractivity contribution in [3.8, 4) is 17.1 Å².